The summed E-state index contributed by atoms with van der Waals surface area (Å²) in [5.74, 6) is 1.03. The van der Waals surface area contributed by atoms with Crippen LogP contribution in [0.5, 0.6) is 0 Å². The van der Waals surface area contributed by atoms with E-state index in [-0.39, 0.29) is 12.4 Å². The number of rotatable bonds is 3. The Morgan fingerprint density at radius 1 is 1.31 bits per heavy atom. The number of aromatic nitrogens is 1. The van der Waals surface area contributed by atoms with Crippen LogP contribution < -0.4 is 5.73 Å². The van der Waals surface area contributed by atoms with Gasteiger partial charge in [-0.15, -0.1) is 12.4 Å². The first-order valence-electron chi connectivity index (χ1n) is 4.75. The van der Waals surface area contributed by atoms with Gasteiger partial charge in [0.25, 0.3) is 0 Å². The van der Waals surface area contributed by atoms with E-state index in [1.54, 1.807) is 23.1 Å². The lowest BCUT2D eigenvalue weighted by atomic mass is 10.2. The van der Waals surface area contributed by atoms with Crippen molar-refractivity contribution < 1.29 is 0 Å². The van der Waals surface area contributed by atoms with Crippen molar-refractivity contribution >= 4 is 40.5 Å². The Hall–Kier alpha value is -0.710. The minimum Gasteiger partial charge on any atom is -0.389 e. The fourth-order valence-electron chi connectivity index (χ4n) is 1.30. The molecule has 0 aliphatic rings. The average Bonchev–Trinajstić information content (AvgIpc) is 2.61. The smallest absolute Gasteiger partial charge is 0.152 e. The van der Waals surface area contributed by atoms with Crippen molar-refractivity contribution in [2.45, 2.75) is 11.3 Å². The molecule has 2 N–H and O–H groups in total. The molecule has 2 nitrogen and oxygen atoms in total. The summed E-state index contributed by atoms with van der Waals surface area (Å²) in [6, 6.07) is 10.1. The van der Waals surface area contributed by atoms with Gasteiger partial charge in [0, 0.05) is 5.56 Å². The van der Waals surface area contributed by atoms with E-state index in [0.29, 0.717) is 0 Å². The Morgan fingerprint density at radius 2 is 2.00 bits per heavy atom. The summed E-state index contributed by atoms with van der Waals surface area (Å²) in [6.07, 6.45) is 0. The second kappa shape index (κ2) is 6.13. The predicted molar refractivity (Wildman–Crippen MR) is 75.6 cm³/mol. The molecule has 1 aromatic carbocycles. The first-order valence-corrected chi connectivity index (χ1v) is 6.56. The Labute approximate surface area is 110 Å². The third-order valence-corrected chi connectivity index (χ3v) is 3.86. The zero-order chi connectivity index (χ0) is 10.7. The monoisotopic (exact) mass is 272 g/mol. The lowest BCUT2D eigenvalue weighted by Crippen LogP contribution is -1.84. The normalized spacial score (nSPS) is 9.81. The number of thioether (sulfide) groups is 1. The highest BCUT2D eigenvalue weighted by atomic mass is 35.5. The number of anilines is 1. The molecule has 1 aromatic heterocycles. The van der Waals surface area contributed by atoms with E-state index in [1.807, 2.05) is 30.3 Å². The van der Waals surface area contributed by atoms with Gasteiger partial charge in [0.15, 0.2) is 4.34 Å². The quantitative estimate of drug-likeness (QED) is 0.861. The van der Waals surface area contributed by atoms with Crippen LogP contribution >= 0.6 is 35.5 Å². The summed E-state index contributed by atoms with van der Waals surface area (Å²) < 4.78 is 1.05. The summed E-state index contributed by atoms with van der Waals surface area (Å²) in [4.78, 5) is 4.53. The number of hydrogen-bond acceptors (Lipinski definition) is 4. The van der Waals surface area contributed by atoms with Crippen LogP contribution in [-0.2, 0) is 0 Å². The number of halogens is 1. The molecular formula is C11H13ClN2S2. The van der Waals surface area contributed by atoms with Crippen molar-refractivity contribution in [1.82, 2.24) is 4.98 Å². The molecule has 0 amide bonds. The molecule has 0 aliphatic heterocycles. The fourth-order valence-corrected chi connectivity index (χ4v) is 3.15. The Kier molecular flexibility index (Phi) is 5.12. The van der Waals surface area contributed by atoms with Crippen LogP contribution in [0, 0.1) is 0 Å². The molecule has 2 rings (SSSR count). The van der Waals surface area contributed by atoms with Crippen LogP contribution in [0.1, 0.15) is 6.92 Å². The van der Waals surface area contributed by atoms with Gasteiger partial charge < -0.3 is 5.73 Å². The largest absolute Gasteiger partial charge is 0.389 e. The lowest BCUT2D eigenvalue weighted by molar-refractivity contribution is 1.25. The molecule has 0 atom stereocenters. The van der Waals surface area contributed by atoms with Crippen molar-refractivity contribution in [3.63, 3.8) is 0 Å². The maximum atomic E-state index is 5.95. The Balaban J connectivity index is 0.00000128. The molecule has 86 valence electrons. The topological polar surface area (TPSA) is 38.9 Å². The van der Waals surface area contributed by atoms with Gasteiger partial charge in [-0.05, 0) is 5.75 Å². The SMILES string of the molecule is CCSc1nc(-c2ccccc2)c(N)s1.Cl. The third-order valence-electron chi connectivity index (χ3n) is 1.95. The molecule has 0 fully saturated rings. The first kappa shape index (κ1) is 13.4. The molecule has 0 unspecified atom stereocenters. The first-order chi connectivity index (χ1) is 7.31. The summed E-state index contributed by atoms with van der Waals surface area (Å²) in [6.45, 7) is 2.12. The van der Waals surface area contributed by atoms with E-state index in [9.17, 15) is 0 Å². The van der Waals surface area contributed by atoms with E-state index >= 15 is 0 Å². The van der Waals surface area contributed by atoms with Crippen LogP contribution in [0.25, 0.3) is 11.3 Å². The van der Waals surface area contributed by atoms with Gasteiger partial charge in [-0.25, -0.2) is 4.98 Å². The van der Waals surface area contributed by atoms with Crippen molar-refractivity contribution in [2.75, 3.05) is 11.5 Å². The zero-order valence-electron chi connectivity index (χ0n) is 8.84. The molecule has 0 saturated carbocycles. The van der Waals surface area contributed by atoms with Gasteiger partial charge in [0.1, 0.15) is 10.7 Å². The molecule has 0 radical (unpaired) electrons. The lowest BCUT2D eigenvalue weighted by Gasteiger charge is -1.96. The van der Waals surface area contributed by atoms with Crippen molar-refractivity contribution in [3.05, 3.63) is 30.3 Å². The van der Waals surface area contributed by atoms with Crippen LogP contribution in [0.3, 0.4) is 0 Å². The predicted octanol–water partition coefficient (Wildman–Crippen LogP) is 3.93. The highest BCUT2D eigenvalue weighted by Gasteiger charge is 2.09. The average molecular weight is 273 g/mol. The second-order valence-electron chi connectivity index (χ2n) is 2.99. The maximum absolute atomic E-state index is 5.95. The van der Waals surface area contributed by atoms with Gasteiger partial charge in [0.2, 0.25) is 0 Å². The Morgan fingerprint density at radius 3 is 2.62 bits per heavy atom. The standard InChI is InChI=1S/C11H12N2S2.ClH/c1-2-14-11-13-9(10(12)15-11)8-6-4-3-5-7-8;/h3-7H,2,12H2,1H3;1H. The van der Waals surface area contributed by atoms with Crippen molar-refractivity contribution in [2.24, 2.45) is 0 Å². The van der Waals surface area contributed by atoms with Crippen LogP contribution in [0.4, 0.5) is 5.00 Å². The van der Waals surface area contributed by atoms with Crippen LogP contribution in [0.15, 0.2) is 34.7 Å². The number of hydrogen-bond donors (Lipinski definition) is 1. The number of nitrogens with zero attached hydrogens (tertiary/aromatic N) is 1. The molecule has 0 spiro atoms. The Bertz CT molecular complexity index is 443. The number of benzene rings is 1. The van der Waals surface area contributed by atoms with Crippen molar-refractivity contribution in [1.29, 1.82) is 0 Å². The number of thiazole rings is 1. The summed E-state index contributed by atoms with van der Waals surface area (Å²) in [5, 5.41) is 0.803. The van der Waals surface area contributed by atoms with Gasteiger partial charge in [-0.1, -0.05) is 60.4 Å². The minimum atomic E-state index is 0. The molecule has 0 saturated heterocycles. The van der Waals surface area contributed by atoms with Gasteiger partial charge in [0.05, 0.1) is 0 Å². The molecule has 2 aromatic rings. The molecule has 5 heteroatoms. The van der Waals surface area contributed by atoms with E-state index < -0.39 is 0 Å². The highest BCUT2D eigenvalue weighted by molar-refractivity contribution is 8.01. The van der Waals surface area contributed by atoms with E-state index in [2.05, 4.69) is 11.9 Å². The fraction of sp³-hybridized carbons (Fsp3) is 0.182. The molecule has 0 aliphatic carbocycles. The minimum absolute atomic E-state index is 0. The molecule has 1 heterocycles. The third kappa shape index (κ3) is 2.90. The summed E-state index contributed by atoms with van der Waals surface area (Å²) in [5.41, 5.74) is 7.95. The molecular weight excluding hydrogens is 260 g/mol. The molecule has 16 heavy (non-hydrogen) atoms. The zero-order valence-corrected chi connectivity index (χ0v) is 11.3. The van der Waals surface area contributed by atoms with E-state index in [1.165, 1.54) is 0 Å². The summed E-state index contributed by atoms with van der Waals surface area (Å²) in [7, 11) is 0. The molecule has 0 bridgehead atoms. The van der Waals surface area contributed by atoms with E-state index in [0.717, 1.165) is 26.4 Å². The van der Waals surface area contributed by atoms with Gasteiger partial charge >= 0.3 is 0 Å². The van der Waals surface area contributed by atoms with Crippen LogP contribution in [-0.4, -0.2) is 10.7 Å². The van der Waals surface area contributed by atoms with E-state index in [4.69, 9.17) is 5.73 Å². The van der Waals surface area contributed by atoms with Gasteiger partial charge in [-0.2, -0.15) is 0 Å². The van der Waals surface area contributed by atoms with Crippen molar-refractivity contribution in [3.8, 4) is 11.3 Å². The number of nitrogen functional groups attached to an aromatic ring is 1. The summed E-state index contributed by atoms with van der Waals surface area (Å²) >= 11 is 3.30. The van der Waals surface area contributed by atoms with Gasteiger partial charge in [-0.3, -0.25) is 0 Å². The maximum Gasteiger partial charge on any atom is 0.152 e. The highest BCUT2D eigenvalue weighted by Crippen LogP contribution is 2.34. The second-order valence-corrected chi connectivity index (χ2v) is 5.53. The number of nitrogens with two attached hydrogens (primary N) is 1. The van der Waals surface area contributed by atoms with Crippen LogP contribution in [0.2, 0.25) is 0 Å².